The maximum atomic E-state index is 2.64. The molecule has 1 heteroatoms. The molecular formula is C12H23N. The first-order chi connectivity index (χ1) is 5.97. The molecule has 1 heterocycles. The molecule has 1 aliphatic heterocycles. The Morgan fingerprint density at radius 3 is 2.15 bits per heavy atom. The summed E-state index contributed by atoms with van der Waals surface area (Å²) in [5, 5.41) is 0. The van der Waals surface area contributed by atoms with Crippen LogP contribution in [0.4, 0.5) is 0 Å². The molecule has 3 atom stereocenters. The maximum Gasteiger partial charge on any atom is 0.00443 e. The van der Waals surface area contributed by atoms with Crippen LogP contribution in [0, 0.1) is 23.2 Å². The normalized spacial score (nSPS) is 44.5. The molecular weight excluding hydrogens is 158 g/mol. The minimum Gasteiger partial charge on any atom is -0.300 e. The van der Waals surface area contributed by atoms with Crippen LogP contribution < -0.4 is 0 Å². The molecule has 1 saturated carbocycles. The summed E-state index contributed by atoms with van der Waals surface area (Å²) in [6.07, 6.45) is 0. The summed E-state index contributed by atoms with van der Waals surface area (Å²) in [6.45, 7) is 14.6. The van der Waals surface area contributed by atoms with Gasteiger partial charge in [-0.05, 0) is 37.0 Å². The highest BCUT2D eigenvalue weighted by atomic mass is 15.2. The van der Waals surface area contributed by atoms with Gasteiger partial charge in [0.1, 0.15) is 0 Å². The SMILES string of the molecule is CC(C)C1C2CN(C(C)C)CC21C. The molecule has 1 saturated heterocycles. The highest BCUT2D eigenvalue weighted by molar-refractivity contribution is 5.15. The van der Waals surface area contributed by atoms with Crippen molar-refractivity contribution in [2.24, 2.45) is 23.2 Å². The summed E-state index contributed by atoms with van der Waals surface area (Å²) in [5.74, 6) is 2.92. The third kappa shape index (κ3) is 1.24. The Bertz CT molecular complexity index is 209. The smallest absolute Gasteiger partial charge is 0.00443 e. The summed E-state index contributed by atoms with van der Waals surface area (Å²) in [4.78, 5) is 2.64. The molecule has 1 aliphatic carbocycles. The van der Waals surface area contributed by atoms with E-state index in [4.69, 9.17) is 0 Å². The van der Waals surface area contributed by atoms with E-state index in [0.29, 0.717) is 5.41 Å². The minimum atomic E-state index is 0.679. The molecule has 2 aliphatic rings. The van der Waals surface area contributed by atoms with Gasteiger partial charge in [-0.25, -0.2) is 0 Å². The van der Waals surface area contributed by atoms with Crippen molar-refractivity contribution >= 4 is 0 Å². The first-order valence-electron chi connectivity index (χ1n) is 5.71. The molecule has 2 rings (SSSR count). The van der Waals surface area contributed by atoms with Crippen molar-refractivity contribution in [3.05, 3.63) is 0 Å². The predicted octanol–water partition coefficient (Wildman–Crippen LogP) is 2.62. The molecule has 2 fully saturated rings. The van der Waals surface area contributed by atoms with Crippen LogP contribution >= 0.6 is 0 Å². The summed E-state index contributed by atoms with van der Waals surface area (Å²) < 4.78 is 0. The second-order valence-electron chi connectivity index (χ2n) is 5.91. The Kier molecular flexibility index (Phi) is 1.99. The van der Waals surface area contributed by atoms with Crippen LogP contribution in [0.15, 0.2) is 0 Å². The molecule has 0 radical (unpaired) electrons. The van der Waals surface area contributed by atoms with Crippen molar-refractivity contribution < 1.29 is 0 Å². The Labute approximate surface area is 82.5 Å². The van der Waals surface area contributed by atoms with E-state index in [1.54, 1.807) is 0 Å². The van der Waals surface area contributed by atoms with Gasteiger partial charge in [0.2, 0.25) is 0 Å². The lowest BCUT2D eigenvalue weighted by molar-refractivity contribution is 0.202. The Morgan fingerprint density at radius 2 is 1.85 bits per heavy atom. The standard InChI is InChI=1S/C12H23N/c1-8(2)11-10-6-13(9(3)4)7-12(10,11)5/h8-11H,6-7H2,1-5H3. The lowest BCUT2D eigenvalue weighted by Gasteiger charge is -2.26. The fourth-order valence-corrected chi connectivity index (χ4v) is 3.62. The summed E-state index contributed by atoms with van der Waals surface area (Å²) >= 11 is 0. The molecule has 3 unspecified atom stereocenters. The molecule has 0 N–H and O–H groups in total. The van der Waals surface area contributed by atoms with Gasteiger partial charge in [0.25, 0.3) is 0 Å². The fourth-order valence-electron chi connectivity index (χ4n) is 3.62. The zero-order valence-corrected chi connectivity index (χ0v) is 9.67. The van der Waals surface area contributed by atoms with Crippen LogP contribution in [0.5, 0.6) is 0 Å². The molecule has 0 aromatic heterocycles. The first kappa shape index (κ1) is 9.51. The molecule has 0 bridgehead atoms. The van der Waals surface area contributed by atoms with Crippen LogP contribution in [0.25, 0.3) is 0 Å². The zero-order valence-electron chi connectivity index (χ0n) is 9.67. The van der Waals surface area contributed by atoms with Crippen molar-refractivity contribution in [3.8, 4) is 0 Å². The summed E-state index contributed by atoms with van der Waals surface area (Å²) in [6, 6.07) is 0.748. The number of rotatable bonds is 2. The van der Waals surface area contributed by atoms with Gasteiger partial charge in [0.05, 0.1) is 0 Å². The number of piperidine rings is 1. The van der Waals surface area contributed by atoms with Gasteiger partial charge in [-0.1, -0.05) is 20.8 Å². The van der Waals surface area contributed by atoms with Crippen molar-refractivity contribution in [1.82, 2.24) is 4.90 Å². The number of nitrogens with zero attached hydrogens (tertiary/aromatic N) is 1. The lowest BCUT2D eigenvalue weighted by Crippen LogP contribution is -2.33. The Morgan fingerprint density at radius 1 is 1.23 bits per heavy atom. The van der Waals surface area contributed by atoms with Gasteiger partial charge >= 0.3 is 0 Å². The van der Waals surface area contributed by atoms with Gasteiger partial charge in [0.15, 0.2) is 0 Å². The average molecular weight is 181 g/mol. The van der Waals surface area contributed by atoms with Crippen LogP contribution in [-0.4, -0.2) is 24.0 Å². The summed E-state index contributed by atoms with van der Waals surface area (Å²) in [7, 11) is 0. The van der Waals surface area contributed by atoms with Crippen LogP contribution in [-0.2, 0) is 0 Å². The van der Waals surface area contributed by atoms with Crippen molar-refractivity contribution in [3.63, 3.8) is 0 Å². The largest absolute Gasteiger partial charge is 0.300 e. The van der Waals surface area contributed by atoms with Gasteiger partial charge in [-0.3, -0.25) is 0 Å². The lowest BCUT2D eigenvalue weighted by atomic mass is 9.98. The van der Waals surface area contributed by atoms with Crippen LogP contribution in [0.3, 0.4) is 0 Å². The first-order valence-corrected chi connectivity index (χ1v) is 5.71. The highest BCUT2D eigenvalue weighted by Crippen LogP contribution is 2.65. The zero-order chi connectivity index (χ0) is 9.80. The number of likely N-dealkylation sites (tertiary alicyclic amines) is 1. The van der Waals surface area contributed by atoms with Crippen molar-refractivity contribution in [2.75, 3.05) is 13.1 Å². The fraction of sp³-hybridized carbons (Fsp3) is 1.00. The molecule has 0 aromatic carbocycles. The van der Waals surface area contributed by atoms with Crippen molar-refractivity contribution in [1.29, 1.82) is 0 Å². The number of hydrogen-bond donors (Lipinski definition) is 0. The van der Waals surface area contributed by atoms with E-state index >= 15 is 0 Å². The van der Waals surface area contributed by atoms with E-state index in [9.17, 15) is 0 Å². The molecule has 13 heavy (non-hydrogen) atoms. The number of hydrogen-bond acceptors (Lipinski definition) is 1. The Hall–Kier alpha value is -0.0400. The third-order valence-corrected chi connectivity index (χ3v) is 4.36. The van der Waals surface area contributed by atoms with Gasteiger partial charge in [0, 0.05) is 19.1 Å². The van der Waals surface area contributed by atoms with Gasteiger partial charge in [-0.2, -0.15) is 0 Å². The topological polar surface area (TPSA) is 3.24 Å². The van der Waals surface area contributed by atoms with Crippen LogP contribution in [0.2, 0.25) is 0 Å². The highest BCUT2D eigenvalue weighted by Gasteiger charge is 2.66. The Balaban J connectivity index is 1.99. The minimum absolute atomic E-state index is 0.679. The molecule has 0 aromatic rings. The second-order valence-corrected chi connectivity index (χ2v) is 5.91. The second kappa shape index (κ2) is 2.73. The van der Waals surface area contributed by atoms with Gasteiger partial charge < -0.3 is 4.90 Å². The number of fused-ring (bicyclic) bond motifs is 1. The summed E-state index contributed by atoms with van der Waals surface area (Å²) in [5.41, 5.74) is 0.679. The molecule has 0 amide bonds. The predicted molar refractivity (Wildman–Crippen MR) is 56.6 cm³/mol. The third-order valence-electron chi connectivity index (χ3n) is 4.36. The van der Waals surface area contributed by atoms with E-state index in [1.807, 2.05) is 0 Å². The molecule has 0 spiro atoms. The van der Waals surface area contributed by atoms with E-state index in [1.165, 1.54) is 13.1 Å². The molecule has 1 nitrogen and oxygen atoms in total. The van der Waals surface area contributed by atoms with E-state index < -0.39 is 0 Å². The monoisotopic (exact) mass is 181 g/mol. The molecule has 76 valence electrons. The van der Waals surface area contributed by atoms with Gasteiger partial charge in [-0.15, -0.1) is 0 Å². The van der Waals surface area contributed by atoms with Crippen LogP contribution in [0.1, 0.15) is 34.6 Å². The van der Waals surface area contributed by atoms with E-state index in [-0.39, 0.29) is 0 Å². The van der Waals surface area contributed by atoms with E-state index in [2.05, 4.69) is 39.5 Å². The van der Waals surface area contributed by atoms with E-state index in [0.717, 1.165) is 23.8 Å². The van der Waals surface area contributed by atoms with Crippen molar-refractivity contribution in [2.45, 2.75) is 40.7 Å². The maximum absolute atomic E-state index is 2.64. The average Bonchev–Trinajstić information content (AvgIpc) is 2.40. The quantitative estimate of drug-likeness (QED) is 0.633.